The number of oxime groups is 1. The first kappa shape index (κ1) is 29.6. The van der Waals surface area contributed by atoms with Crippen LogP contribution in [0.4, 0.5) is 5.82 Å². The van der Waals surface area contributed by atoms with E-state index in [-0.39, 0.29) is 36.3 Å². The highest BCUT2D eigenvalue weighted by molar-refractivity contribution is 6.46. The van der Waals surface area contributed by atoms with E-state index in [1.54, 1.807) is 30.3 Å². The second-order valence-electron chi connectivity index (χ2n) is 8.96. The lowest BCUT2D eigenvalue weighted by Gasteiger charge is -2.19. The first-order valence-corrected chi connectivity index (χ1v) is 12.7. The van der Waals surface area contributed by atoms with Crippen molar-refractivity contribution in [2.24, 2.45) is 10.4 Å². The fraction of sp³-hybridized carbons (Fsp3) is 0.481. The molecule has 10 heteroatoms. The highest BCUT2D eigenvalue weighted by atomic mass is 16.6. The van der Waals surface area contributed by atoms with Gasteiger partial charge in [-0.3, -0.25) is 10.2 Å². The number of rotatable bonds is 16. The number of amides is 1. The molecule has 2 aromatic rings. The Hall–Kier alpha value is -3.66. The molecule has 0 spiro atoms. The summed E-state index contributed by atoms with van der Waals surface area (Å²) in [6.07, 6.45) is 5.69. The van der Waals surface area contributed by atoms with E-state index in [0.29, 0.717) is 23.5 Å². The summed E-state index contributed by atoms with van der Waals surface area (Å²) in [5.41, 5.74) is 8.64. The number of carbonyl (C=O) groups is 1. The lowest BCUT2D eigenvalue weighted by molar-refractivity contribution is -0.116. The lowest BCUT2D eigenvalue weighted by atomic mass is 10.1. The lowest BCUT2D eigenvalue weighted by Crippen LogP contribution is -2.29. The number of carbonyl (C=O) groups excluding carboxylic acids is 1. The molecule has 0 saturated carbocycles. The van der Waals surface area contributed by atoms with Gasteiger partial charge in [-0.15, -0.1) is 0 Å². The molecule has 0 fully saturated rings. The molecule has 37 heavy (non-hydrogen) atoms. The number of nitrogens with zero attached hydrogens (tertiary/aromatic N) is 4. The van der Waals surface area contributed by atoms with Gasteiger partial charge >= 0.3 is 0 Å². The largest absolute Gasteiger partial charge is 0.389 e. The van der Waals surface area contributed by atoms with E-state index in [1.807, 2.05) is 18.2 Å². The van der Waals surface area contributed by atoms with Gasteiger partial charge < -0.3 is 14.9 Å². The molecule has 3 N–H and O–H groups in total. The van der Waals surface area contributed by atoms with Gasteiger partial charge in [-0.2, -0.15) is 5.53 Å². The molecule has 0 aliphatic rings. The minimum atomic E-state index is -0.0811. The minimum Gasteiger partial charge on any atom is -0.389 e. The summed E-state index contributed by atoms with van der Waals surface area (Å²) < 4.78 is 5.95. The van der Waals surface area contributed by atoms with Gasteiger partial charge in [-0.25, -0.2) is 9.99 Å². The van der Waals surface area contributed by atoms with Crippen LogP contribution >= 0.6 is 0 Å². The number of unbranched alkanes of at least 4 members (excludes halogenated alkanes) is 1. The Morgan fingerprint density at radius 1 is 1.11 bits per heavy atom. The Labute approximate surface area is 219 Å². The van der Waals surface area contributed by atoms with Crippen molar-refractivity contribution < 1.29 is 14.4 Å². The summed E-state index contributed by atoms with van der Waals surface area (Å²) >= 11 is 0. The molecular weight excluding hydrogens is 470 g/mol. The number of benzene rings is 1. The molecule has 10 nitrogen and oxygen atoms in total. The molecule has 1 unspecified atom stereocenters. The molecule has 0 aliphatic carbocycles. The highest BCUT2D eigenvalue weighted by Gasteiger charge is 2.16. The van der Waals surface area contributed by atoms with Crippen LogP contribution in [0.2, 0.25) is 0 Å². The van der Waals surface area contributed by atoms with Gasteiger partial charge in [-0.1, -0.05) is 66.5 Å². The maximum atomic E-state index is 12.4. The van der Waals surface area contributed by atoms with E-state index in [2.05, 4.69) is 41.5 Å². The molecular formula is C27H39N7O3. The second-order valence-corrected chi connectivity index (χ2v) is 8.96. The first-order valence-electron chi connectivity index (χ1n) is 12.7. The SMILES string of the molecule is CCCC(CCCCC(=O)Nc1cccc(CO/N=C(\C(=N)N(C)N=N)c2ccccc2)n1)OC(C)C. The highest BCUT2D eigenvalue weighted by Crippen LogP contribution is 2.15. The van der Waals surface area contributed by atoms with E-state index in [0.717, 1.165) is 37.1 Å². The quantitative estimate of drug-likeness (QED) is 0.0844. The molecule has 1 heterocycles. The number of anilines is 1. The van der Waals surface area contributed by atoms with Crippen molar-refractivity contribution in [3.8, 4) is 0 Å². The average Bonchev–Trinajstić information content (AvgIpc) is 2.88. The van der Waals surface area contributed by atoms with Crippen molar-refractivity contribution in [2.75, 3.05) is 12.4 Å². The van der Waals surface area contributed by atoms with Crippen LogP contribution < -0.4 is 5.32 Å². The van der Waals surface area contributed by atoms with Gasteiger partial charge in [0.2, 0.25) is 5.91 Å². The van der Waals surface area contributed by atoms with Gasteiger partial charge in [0.15, 0.2) is 18.2 Å². The van der Waals surface area contributed by atoms with Crippen LogP contribution in [0.25, 0.3) is 0 Å². The Kier molecular flexibility index (Phi) is 12.9. The van der Waals surface area contributed by atoms with Gasteiger partial charge in [-0.05, 0) is 45.2 Å². The molecule has 2 rings (SSSR count). The minimum absolute atomic E-state index is 0.0454. The zero-order chi connectivity index (χ0) is 27.0. The van der Waals surface area contributed by atoms with Crippen molar-refractivity contribution in [3.63, 3.8) is 0 Å². The summed E-state index contributed by atoms with van der Waals surface area (Å²) in [4.78, 5) is 22.3. The molecule has 1 amide bonds. The summed E-state index contributed by atoms with van der Waals surface area (Å²) in [7, 11) is 1.49. The average molecular weight is 510 g/mol. The fourth-order valence-corrected chi connectivity index (χ4v) is 3.67. The zero-order valence-electron chi connectivity index (χ0n) is 22.2. The zero-order valence-corrected chi connectivity index (χ0v) is 22.2. The second kappa shape index (κ2) is 16.2. The predicted octanol–water partition coefficient (Wildman–Crippen LogP) is 5.95. The van der Waals surface area contributed by atoms with Crippen molar-refractivity contribution >= 4 is 23.3 Å². The number of hydrogen-bond donors (Lipinski definition) is 3. The number of pyridine rings is 1. The Morgan fingerprint density at radius 3 is 2.54 bits per heavy atom. The Balaban J connectivity index is 1.89. The van der Waals surface area contributed by atoms with Gasteiger partial charge in [0.05, 0.1) is 17.9 Å². The van der Waals surface area contributed by atoms with E-state index in [4.69, 9.17) is 20.5 Å². The topological polar surface area (TPSA) is 136 Å². The third-order valence-corrected chi connectivity index (χ3v) is 5.44. The molecule has 1 atom stereocenters. The van der Waals surface area contributed by atoms with Crippen LogP contribution in [0.15, 0.2) is 58.9 Å². The van der Waals surface area contributed by atoms with Crippen molar-refractivity contribution in [1.82, 2.24) is 9.99 Å². The molecule has 0 bridgehead atoms. The Morgan fingerprint density at radius 2 is 1.86 bits per heavy atom. The van der Waals surface area contributed by atoms with Crippen molar-refractivity contribution in [3.05, 3.63) is 59.8 Å². The summed E-state index contributed by atoms with van der Waals surface area (Å²) in [5, 5.41) is 19.6. The number of amidine groups is 1. The predicted molar refractivity (Wildman–Crippen MR) is 145 cm³/mol. The van der Waals surface area contributed by atoms with Crippen LogP contribution in [0, 0.1) is 10.9 Å². The van der Waals surface area contributed by atoms with E-state index >= 15 is 0 Å². The van der Waals surface area contributed by atoms with Crippen molar-refractivity contribution in [1.29, 1.82) is 10.9 Å². The maximum Gasteiger partial charge on any atom is 0.225 e. The summed E-state index contributed by atoms with van der Waals surface area (Å²) in [6, 6.07) is 14.4. The van der Waals surface area contributed by atoms with Crippen LogP contribution in [-0.2, 0) is 21.0 Å². The molecule has 0 radical (unpaired) electrons. The molecule has 200 valence electrons. The first-order chi connectivity index (χ1) is 17.8. The Bertz CT molecular complexity index is 1030. The summed E-state index contributed by atoms with van der Waals surface area (Å²) in [6.45, 7) is 6.31. The number of likely N-dealkylation sites (N-methyl/N-ethyl adjacent to an activating group) is 1. The molecule has 1 aromatic carbocycles. The maximum absolute atomic E-state index is 12.4. The normalized spacial score (nSPS) is 12.2. The number of aromatic nitrogens is 1. The molecule has 0 saturated heterocycles. The van der Waals surface area contributed by atoms with Crippen LogP contribution in [-0.4, -0.2) is 46.7 Å². The van der Waals surface area contributed by atoms with Crippen LogP contribution in [0.1, 0.15) is 70.6 Å². The third-order valence-electron chi connectivity index (χ3n) is 5.44. The van der Waals surface area contributed by atoms with Gasteiger partial charge in [0, 0.05) is 19.0 Å². The van der Waals surface area contributed by atoms with Crippen LogP contribution in [0.3, 0.4) is 0 Å². The monoisotopic (exact) mass is 509 g/mol. The van der Waals surface area contributed by atoms with E-state index in [1.165, 1.54) is 7.05 Å². The molecule has 0 aliphatic heterocycles. The number of nitrogens with one attached hydrogen (secondary N) is 3. The van der Waals surface area contributed by atoms with E-state index < -0.39 is 0 Å². The van der Waals surface area contributed by atoms with Crippen molar-refractivity contribution in [2.45, 2.75) is 78.1 Å². The number of ether oxygens (including phenoxy) is 1. The van der Waals surface area contributed by atoms with Gasteiger partial charge in [0.25, 0.3) is 0 Å². The van der Waals surface area contributed by atoms with E-state index in [9.17, 15) is 4.79 Å². The fourth-order valence-electron chi connectivity index (χ4n) is 3.67. The molecule has 1 aromatic heterocycles. The van der Waals surface area contributed by atoms with Crippen LogP contribution in [0.5, 0.6) is 0 Å². The smallest absolute Gasteiger partial charge is 0.225 e. The third kappa shape index (κ3) is 10.9. The van der Waals surface area contributed by atoms with Gasteiger partial charge in [0.1, 0.15) is 5.82 Å². The standard InChI is InChI=1S/C27H39N7O3/c1-5-12-23(37-20(2)3)16-9-10-18-25(35)31-24-17-11-15-22(30-24)19-36-32-26(27(28)34(4)33-29)21-13-7-6-8-14-21/h6-8,11,13-15,17,20,23,28-29H,5,9-10,12,16,18-19H2,1-4H3,(H,30,31,35)/b28-27?,32-26-,33-29?. The summed E-state index contributed by atoms with van der Waals surface area (Å²) in [5.74, 6) is 0.292. The number of hydrogen-bond acceptors (Lipinski definition) is 8.